The normalized spacial score (nSPS) is 9.40. The van der Waals surface area contributed by atoms with Crippen molar-refractivity contribution >= 4 is 21.7 Å². The molecule has 0 N–H and O–H groups in total. The summed E-state index contributed by atoms with van der Waals surface area (Å²) in [7, 11) is 0. The van der Waals surface area contributed by atoms with Crippen molar-refractivity contribution < 1.29 is 4.79 Å². The van der Waals surface area contributed by atoms with Gasteiger partial charge >= 0.3 is 0 Å². The molecule has 0 saturated heterocycles. The summed E-state index contributed by atoms with van der Waals surface area (Å²) in [5.74, 6) is -1.69. The summed E-state index contributed by atoms with van der Waals surface area (Å²) in [6.07, 6.45) is 0. The Kier molecular flexibility index (Phi) is 3.60. The molecular formula is C11H7BrN2O. The molecule has 1 aromatic rings. The van der Waals surface area contributed by atoms with Crippen LogP contribution in [0, 0.1) is 35.5 Å². The average molecular weight is 263 g/mol. The Morgan fingerprint density at radius 1 is 1.40 bits per heavy atom. The molecule has 0 spiro atoms. The molecule has 0 aliphatic rings. The van der Waals surface area contributed by atoms with E-state index in [9.17, 15) is 4.79 Å². The Balaban J connectivity index is 3.25. The minimum absolute atomic E-state index is 0.408. The molecule has 0 saturated carbocycles. The summed E-state index contributed by atoms with van der Waals surface area (Å²) in [5, 5.41) is 17.3. The van der Waals surface area contributed by atoms with Crippen LogP contribution in [0.25, 0.3) is 0 Å². The maximum absolute atomic E-state index is 11.8. The third kappa shape index (κ3) is 2.23. The van der Waals surface area contributed by atoms with E-state index in [0.29, 0.717) is 10.0 Å². The standard InChI is InChI=1S/C11H7BrN2O/c1-7-3-2-4-9(12)10(7)11(15)8(5-13)6-14/h2-4,8H,1H3. The van der Waals surface area contributed by atoms with Gasteiger partial charge in [0, 0.05) is 10.0 Å². The Morgan fingerprint density at radius 2 is 2.00 bits per heavy atom. The van der Waals surface area contributed by atoms with Gasteiger partial charge in [-0.25, -0.2) is 0 Å². The molecule has 0 aliphatic heterocycles. The number of rotatable bonds is 2. The molecule has 0 bridgehead atoms. The highest BCUT2D eigenvalue weighted by Crippen LogP contribution is 2.23. The number of halogens is 1. The topological polar surface area (TPSA) is 64.7 Å². The minimum atomic E-state index is -1.23. The molecule has 0 unspecified atom stereocenters. The van der Waals surface area contributed by atoms with E-state index in [1.54, 1.807) is 37.3 Å². The first-order valence-corrected chi connectivity index (χ1v) is 4.99. The van der Waals surface area contributed by atoms with Crippen molar-refractivity contribution in [3.05, 3.63) is 33.8 Å². The van der Waals surface area contributed by atoms with Crippen molar-refractivity contribution in [3.8, 4) is 12.1 Å². The van der Waals surface area contributed by atoms with Crippen molar-refractivity contribution in [2.75, 3.05) is 0 Å². The van der Waals surface area contributed by atoms with E-state index in [2.05, 4.69) is 15.9 Å². The van der Waals surface area contributed by atoms with Crippen LogP contribution in [0.5, 0.6) is 0 Å². The second-order valence-corrected chi connectivity index (χ2v) is 3.84. The van der Waals surface area contributed by atoms with Gasteiger partial charge in [0.25, 0.3) is 0 Å². The van der Waals surface area contributed by atoms with Crippen molar-refractivity contribution in [1.29, 1.82) is 10.5 Å². The van der Waals surface area contributed by atoms with Gasteiger partial charge in [0.05, 0.1) is 12.1 Å². The van der Waals surface area contributed by atoms with Gasteiger partial charge in [-0.15, -0.1) is 0 Å². The van der Waals surface area contributed by atoms with Crippen molar-refractivity contribution in [2.45, 2.75) is 6.92 Å². The van der Waals surface area contributed by atoms with Crippen molar-refractivity contribution in [3.63, 3.8) is 0 Å². The Morgan fingerprint density at radius 3 is 2.47 bits per heavy atom. The molecular weight excluding hydrogens is 256 g/mol. The van der Waals surface area contributed by atoms with Gasteiger partial charge in [-0.3, -0.25) is 4.79 Å². The number of carbonyl (C=O) groups is 1. The van der Waals surface area contributed by atoms with Crippen LogP contribution in [0.1, 0.15) is 15.9 Å². The zero-order valence-electron chi connectivity index (χ0n) is 7.99. The monoisotopic (exact) mass is 262 g/mol. The van der Waals surface area contributed by atoms with Gasteiger partial charge in [-0.2, -0.15) is 10.5 Å². The third-order valence-corrected chi connectivity index (χ3v) is 2.65. The van der Waals surface area contributed by atoms with Crippen LogP contribution >= 0.6 is 15.9 Å². The van der Waals surface area contributed by atoms with E-state index in [1.807, 2.05) is 0 Å². The molecule has 0 fully saturated rings. The number of aryl methyl sites for hydroxylation is 1. The van der Waals surface area contributed by atoms with Crippen LogP contribution in [0.4, 0.5) is 0 Å². The molecule has 1 rings (SSSR count). The Hall–Kier alpha value is -1.65. The lowest BCUT2D eigenvalue weighted by atomic mass is 9.96. The zero-order valence-corrected chi connectivity index (χ0v) is 9.58. The van der Waals surface area contributed by atoms with E-state index in [4.69, 9.17) is 10.5 Å². The number of carbonyl (C=O) groups excluding carboxylic acids is 1. The van der Waals surface area contributed by atoms with Crippen LogP contribution in [0.15, 0.2) is 22.7 Å². The first kappa shape index (κ1) is 11.4. The molecule has 15 heavy (non-hydrogen) atoms. The summed E-state index contributed by atoms with van der Waals surface area (Å²) >= 11 is 3.23. The lowest BCUT2D eigenvalue weighted by Gasteiger charge is -2.06. The molecule has 1 aromatic carbocycles. The van der Waals surface area contributed by atoms with Gasteiger partial charge in [-0.05, 0) is 18.6 Å². The van der Waals surface area contributed by atoms with E-state index in [1.165, 1.54) is 0 Å². The van der Waals surface area contributed by atoms with Crippen molar-refractivity contribution in [2.24, 2.45) is 5.92 Å². The first-order chi connectivity index (χ1) is 7.11. The van der Waals surface area contributed by atoms with Gasteiger partial charge in [-0.1, -0.05) is 28.1 Å². The summed E-state index contributed by atoms with van der Waals surface area (Å²) in [6.45, 7) is 1.77. The Bertz CT molecular complexity index is 448. The third-order valence-electron chi connectivity index (χ3n) is 1.99. The number of nitriles is 2. The smallest absolute Gasteiger partial charge is 0.195 e. The van der Waals surface area contributed by atoms with Crippen LogP contribution in [0.2, 0.25) is 0 Å². The minimum Gasteiger partial charge on any atom is -0.291 e. The number of benzene rings is 1. The predicted octanol–water partition coefficient (Wildman–Crippen LogP) is 2.60. The largest absolute Gasteiger partial charge is 0.291 e. The van der Waals surface area contributed by atoms with E-state index in [-0.39, 0.29) is 0 Å². The maximum Gasteiger partial charge on any atom is 0.195 e. The van der Waals surface area contributed by atoms with Crippen LogP contribution in [0.3, 0.4) is 0 Å². The van der Waals surface area contributed by atoms with Gasteiger partial charge < -0.3 is 0 Å². The fourth-order valence-electron chi connectivity index (χ4n) is 1.23. The number of hydrogen-bond donors (Lipinski definition) is 0. The lowest BCUT2D eigenvalue weighted by Crippen LogP contribution is -2.13. The number of hydrogen-bond acceptors (Lipinski definition) is 3. The fraction of sp³-hybridized carbons (Fsp3) is 0.182. The molecule has 0 amide bonds. The predicted molar refractivity (Wildman–Crippen MR) is 57.9 cm³/mol. The highest BCUT2D eigenvalue weighted by Gasteiger charge is 2.22. The second kappa shape index (κ2) is 4.72. The zero-order chi connectivity index (χ0) is 11.4. The van der Waals surface area contributed by atoms with E-state index >= 15 is 0 Å². The second-order valence-electron chi connectivity index (χ2n) is 2.99. The molecule has 0 radical (unpaired) electrons. The first-order valence-electron chi connectivity index (χ1n) is 4.20. The van der Waals surface area contributed by atoms with Gasteiger partial charge in [0.15, 0.2) is 11.7 Å². The molecule has 0 aliphatic carbocycles. The van der Waals surface area contributed by atoms with E-state index in [0.717, 1.165) is 5.56 Å². The van der Waals surface area contributed by atoms with Crippen LogP contribution < -0.4 is 0 Å². The summed E-state index contributed by atoms with van der Waals surface area (Å²) in [4.78, 5) is 11.8. The number of Topliss-reactive ketones (excluding diaryl/α,β-unsaturated/α-hetero) is 1. The maximum atomic E-state index is 11.8. The Labute approximate surface area is 96.1 Å². The number of ketones is 1. The molecule has 74 valence electrons. The molecule has 3 nitrogen and oxygen atoms in total. The SMILES string of the molecule is Cc1cccc(Br)c1C(=O)C(C#N)C#N. The molecule has 0 atom stereocenters. The van der Waals surface area contributed by atoms with E-state index < -0.39 is 11.7 Å². The van der Waals surface area contributed by atoms with Crippen LogP contribution in [-0.2, 0) is 0 Å². The van der Waals surface area contributed by atoms with Gasteiger partial charge in [0.2, 0.25) is 0 Å². The molecule has 0 heterocycles. The van der Waals surface area contributed by atoms with Crippen LogP contribution in [-0.4, -0.2) is 5.78 Å². The quantitative estimate of drug-likeness (QED) is 0.770. The summed E-state index contributed by atoms with van der Waals surface area (Å²) in [5.41, 5.74) is 1.16. The average Bonchev–Trinajstić information content (AvgIpc) is 2.19. The highest BCUT2D eigenvalue weighted by atomic mass is 79.9. The summed E-state index contributed by atoms with van der Waals surface area (Å²) in [6, 6.07) is 8.62. The highest BCUT2D eigenvalue weighted by molar-refractivity contribution is 9.10. The van der Waals surface area contributed by atoms with Gasteiger partial charge in [0.1, 0.15) is 0 Å². The van der Waals surface area contributed by atoms with Crippen molar-refractivity contribution in [1.82, 2.24) is 0 Å². The number of nitrogens with zero attached hydrogens (tertiary/aromatic N) is 2. The molecule has 0 aromatic heterocycles. The fourth-order valence-corrected chi connectivity index (χ4v) is 1.90. The summed E-state index contributed by atoms with van der Waals surface area (Å²) < 4.78 is 0.614. The molecule has 4 heteroatoms. The lowest BCUT2D eigenvalue weighted by molar-refractivity contribution is 0.0969.